The van der Waals surface area contributed by atoms with Crippen molar-refractivity contribution in [3.05, 3.63) is 22.7 Å². The molecule has 6 heteroatoms. The lowest BCUT2D eigenvalue weighted by Crippen LogP contribution is -2.36. The summed E-state index contributed by atoms with van der Waals surface area (Å²) >= 11 is 3.42. The number of hydrazine groups is 1. The molecule has 0 spiro atoms. The highest BCUT2D eigenvalue weighted by atomic mass is 79.9. The molecule has 0 radical (unpaired) electrons. The Kier molecular flexibility index (Phi) is 5.94. The molecule has 0 bridgehead atoms. The van der Waals surface area contributed by atoms with E-state index in [2.05, 4.69) is 45.5 Å². The van der Waals surface area contributed by atoms with Crippen LogP contribution in [0.5, 0.6) is 5.75 Å². The molecule has 0 atom stereocenters. The molecule has 100 valence electrons. The second kappa shape index (κ2) is 7.23. The van der Waals surface area contributed by atoms with Gasteiger partial charge in [-0.25, -0.2) is 5.84 Å². The first-order valence-corrected chi connectivity index (χ1v) is 6.47. The Bertz CT molecular complexity index is 421. The van der Waals surface area contributed by atoms with Gasteiger partial charge in [-0.1, -0.05) is 13.8 Å². The maximum Gasteiger partial charge on any atom is 0.210 e. The minimum absolute atomic E-state index is 0.484. The van der Waals surface area contributed by atoms with E-state index in [1.54, 1.807) is 7.11 Å². The molecule has 0 aromatic heterocycles. The fourth-order valence-electron chi connectivity index (χ4n) is 1.28. The largest absolute Gasteiger partial charge is 0.496 e. The fraction of sp³-hybridized carbons (Fsp3) is 0.417. The summed E-state index contributed by atoms with van der Waals surface area (Å²) in [6.45, 7) is 4.91. The van der Waals surface area contributed by atoms with E-state index < -0.39 is 0 Å². The van der Waals surface area contributed by atoms with E-state index in [1.807, 2.05) is 18.2 Å². The van der Waals surface area contributed by atoms with Crippen molar-refractivity contribution in [3.63, 3.8) is 0 Å². The molecular weight excluding hydrogens is 296 g/mol. The number of benzene rings is 1. The van der Waals surface area contributed by atoms with E-state index in [4.69, 9.17) is 10.6 Å². The monoisotopic (exact) mass is 314 g/mol. The Balaban J connectivity index is 2.76. The standard InChI is InChI=1S/C12H19BrN4O/c1-8(2)7-15-12(17-14)16-9-4-5-11(18-3)10(13)6-9/h4-6,8H,7,14H2,1-3H3,(H2,15,16,17). The molecule has 5 nitrogen and oxygen atoms in total. The Morgan fingerprint density at radius 1 is 1.50 bits per heavy atom. The van der Waals surface area contributed by atoms with Crippen LogP contribution in [0.4, 0.5) is 5.69 Å². The molecule has 0 aliphatic carbocycles. The van der Waals surface area contributed by atoms with Gasteiger partial charge >= 0.3 is 0 Å². The first-order chi connectivity index (χ1) is 8.56. The summed E-state index contributed by atoms with van der Waals surface area (Å²) < 4.78 is 6.04. The Morgan fingerprint density at radius 3 is 2.72 bits per heavy atom. The van der Waals surface area contributed by atoms with E-state index in [0.717, 1.165) is 15.9 Å². The molecule has 0 unspecified atom stereocenters. The van der Waals surface area contributed by atoms with Crippen molar-refractivity contribution >= 4 is 27.6 Å². The quantitative estimate of drug-likeness (QED) is 0.345. The van der Waals surface area contributed by atoms with Gasteiger partial charge in [0.1, 0.15) is 5.75 Å². The molecule has 0 aliphatic heterocycles. The van der Waals surface area contributed by atoms with Gasteiger partial charge in [0.2, 0.25) is 5.96 Å². The van der Waals surface area contributed by atoms with Gasteiger partial charge in [-0.05, 0) is 40.0 Å². The van der Waals surface area contributed by atoms with E-state index in [-0.39, 0.29) is 0 Å². The SMILES string of the molecule is COc1ccc(NC(=NCC(C)C)NN)cc1Br. The van der Waals surface area contributed by atoms with Crippen molar-refractivity contribution in [2.24, 2.45) is 16.8 Å². The van der Waals surface area contributed by atoms with Gasteiger partial charge in [-0.15, -0.1) is 0 Å². The topological polar surface area (TPSA) is 71.7 Å². The van der Waals surface area contributed by atoms with Crippen LogP contribution in [-0.2, 0) is 0 Å². The molecule has 4 N–H and O–H groups in total. The van der Waals surface area contributed by atoms with Crippen molar-refractivity contribution in [2.75, 3.05) is 19.0 Å². The summed E-state index contributed by atoms with van der Waals surface area (Å²) in [5, 5.41) is 3.10. The van der Waals surface area contributed by atoms with E-state index in [9.17, 15) is 0 Å². The lowest BCUT2D eigenvalue weighted by Gasteiger charge is -2.11. The van der Waals surface area contributed by atoms with Crippen LogP contribution < -0.4 is 21.3 Å². The number of nitrogens with zero attached hydrogens (tertiary/aromatic N) is 1. The van der Waals surface area contributed by atoms with Gasteiger partial charge in [0, 0.05) is 12.2 Å². The van der Waals surface area contributed by atoms with Gasteiger partial charge in [0.05, 0.1) is 11.6 Å². The summed E-state index contributed by atoms with van der Waals surface area (Å²) in [7, 11) is 1.63. The van der Waals surface area contributed by atoms with Crippen LogP contribution in [0, 0.1) is 5.92 Å². The lowest BCUT2D eigenvalue weighted by atomic mass is 10.2. The number of hydrogen-bond acceptors (Lipinski definition) is 3. The maximum absolute atomic E-state index is 5.42. The predicted molar refractivity (Wildman–Crippen MR) is 78.8 cm³/mol. The van der Waals surface area contributed by atoms with Crippen LogP contribution in [0.15, 0.2) is 27.7 Å². The van der Waals surface area contributed by atoms with Gasteiger partial charge in [-0.2, -0.15) is 0 Å². The number of anilines is 1. The van der Waals surface area contributed by atoms with Crippen molar-refractivity contribution in [2.45, 2.75) is 13.8 Å². The number of halogens is 1. The van der Waals surface area contributed by atoms with Crippen LogP contribution in [0.3, 0.4) is 0 Å². The third-order valence-corrected chi connectivity index (χ3v) is 2.79. The molecule has 1 aromatic rings. The van der Waals surface area contributed by atoms with Gasteiger partial charge in [0.15, 0.2) is 0 Å². The summed E-state index contributed by atoms with van der Waals surface area (Å²) in [5.74, 6) is 7.23. The smallest absolute Gasteiger partial charge is 0.210 e. The number of nitrogens with two attached hydrogens (primary N) is 1. The second-order valence-electron chi connectivity index (χ2n) is 4.20. The van der Waals surface area contributed by atoms with Crippen LogP contribution >= 0.6 is 15.9 Å². The molecule has 1 aromatic carbocycles. The van der Waals surface area contributed by atoms with E-state index >= 15 is 0 Å². The molecule has 0 fully saturated rings. The number of guanidine groups is 1. The Morgan fingerprint density at radius 2 is 2.22 bits per heavy atom. The molecule has 0 amide bonds. The van der Waals surface area contributed by atoms with Crippen molar-refractivity contribution in [3.8, 4) is 5.75 Å². The first kappa shape index (κ1) is 14.8. The van der Waals surface area contributed by atoms with Crippen LogP contribution in [0.2, 0.25) is 0 Å². The summed E-state index contributed by atoms with van der Waals surface area (Å²) in [6.07, 6.45) is 0. The molecular formula is C12H19BrN4O. The molecule has 1 rings (SSSR count). The zero-order valence-electron chi connectivity index (χ0n) is 10.8. The van der Waals surface area contributed by atoms with Gasteiger partial charge in [0.25, 0.3) is 0 Å². The van der Waals surface area contributed by atoms with E-state index in [0.29, 0.717) is 18.4 Å². The predicted octanol–water partition coefficient (Wildman–Crippen LogP) is 2.34. The van der Waals surface area contributed by atoms with Crippen LogP contribution in [0.25, 0.3) is 0 Å². The number of rotatable bonds is 4. The highest BCUT2D eigenvalue weighted by Crippen LogP contribution is 2.27. The van der Waals surface area contributed by atoms with Crippen LogP contribution in [0.1, 0.15) is 13.8 Å². The molecule has 0 heterocycles. The lowest BCUT2D eigenvalue weighted by molar-refractivity contribution is 0.412. The van der Waals surface area contributed by atoms with E-state index in [1.165, 1.54) is 0 Å². The third-order valence-electron chi connectivity index (χ3n) is 2.17. The number of ether oxygens (including phenoxy) is 1. The molecule has 0 saturated carbocycles. The normalized spacial score (nSPS) is 11.6. The first-order valence-electron chi connectivity index (χ1n) is 5.68. The number of aliphatic imine (C=N–C) groups is 1. The fourth-order valence-corrected chi connectivity index (χ4v) is 1.82. The highest BCUT2D eigenvalue weighted by molar-refractivity contribution is 9.10. The van der Waals surface area contributed by atoms with Crippen molar-refractivity contribution < 1.29 is 4.74 Å². The average molecular weight is 315 g/mol. The number of nitrogens with one attached hydrogen (secondary N) is 2. The highest BCUT2D eigenvalue weighted by Gasteiger charge is 2.03. The zero-order chi connectivity index (χ0) is 13.5. The second-order valence-corrected chi connectivity index (χ2v) is 5.06. The third kappa shape index (κ3) is 4.54. The average Bonchev–Trinajstić information content (AvgIpc) is 2.34. The summed E-state index contributed by atoms with van der Waals surface area (Å²) in [4.78, 5) is 4.33. The number of hydrogen-bond donors (Lipinski definition) is 3. The minimum atomic E-state index is 0.484. The summed E-state index contributed by atoms with van der Waals surface area (Å²) in [6, 6.07) is 5.66. The zero-order valence-corrected chi connectivity index (χ0v) is 12.4. The van der Waals surface area contributed by atoms with Gasteiger partial charge in [-0.3, -0.25) is 10.4 Å². The number of methoxy groups -OCH3 is 1. The molecule has 18 heavy (non-hydrogen) atoms. The Labute approximate surface area is 116 Å². The Hall–Kier alpha value is -1.27. The van der Waals surface area contributed by atoms with Crippen molar-refractivity contribution in [1.29, 1.82) is 0 Å². The van der Waals surface area contributed by atoms with Crippen LogP contribution in [-0.4, -0.2) is 19.6 Å². The van der Waals surface area contributed by atoms with Gasteiger partial charge < -0.3 is 10.1 Å². The molecule has 0 saturated heterocycles. The maximum atomic E-state index is 5.42. The summed E-state index contributed by atoms with van der Waals surface area (Å²) in [5.41, 5.74) is 3.42. The minimum Gasteiger partial charge on any atom is -0.496 e. The van der Waals surface area contributed by atoms with Crippen molar-refractivity contribution in [1.82, 2.24) is 5.43 Å². The molecule has 0 aliphatic rings.